The number of hydrogen-bond acceptors (Lipinski definition) is 6. The molecule has 6 rings (SSSR count). The maximum atomic E-state index is 13.9. The molecule has 32 heavy (non-hydrogen) atoms. The third-order valence-corrected chi connectivity index (χ3v) is 6.00. The van der Waals surface area contributed by atoms with Crippen molar-refractivity contribution in [3.05, 3.63) is 53.8 Å². The molecule has 2 fully saturated rings. The van der Waals surface area contributed by atoms with E-state index in [2.05, 4.69) is 27.1 Å². The second-order valence-electron chi connectivity index (χ2n) is 8.32. The summed E-state index contributed by atoms with van der Waals surface area (Å²) in [4.78, 5) is 22.1. The molecular weight excluding hydrogens is 409 g/mol. The quantitative estimate of drug-likeness (QED) is 0.459. The van der Waals surface area contributed by atoms with E-state index < -0.39 is 6.04 Å². The minimum Gasteiger partial charge on any atom is -0.353 e. The molecule has 1 saturated heterocycles. The Labute approximate surface area is 183 Å². The van der Waals surface area contributed by atoms with E-state index in [1.54, 1.807) is 16.6 Å². The molecule has 1 saturated carbocycles. The van der Waals surface area contributed by atoms with Gasteiger partial charge in [0.05, 0.1) is 5.52 Å². The summed E-state index contributed by atoms with van der Waals surface area (Å²) in [6.07, 6.45) is 2.29. The van der Waals surface area contributed by atoms with Gasteiger partial charge in [-0.1, -0.05) is 24.3 Å². The van der Waals surface area contributed by atoms with Gasteiger partial charge in [-0.25, -0.2) is 14.4 Å². The van der Waals surface area contributed by atoms with Gasteiger partial charge >= 0.3 is 0 Å². The van der Waals surface area contributed by atoms with Gasteiger partial charge in [0.25, 0.3) is 0 Å². The Morgan fingerprint density at radius 3 is 2.81 bits per heavy atom. The molecule has 2 aromatic heterocycles. The predicted molar refractivity (Wildman–Crippen MR) is 119 cm³/mol. The first-order valence-corrected chi connectivity index (χ1v) is 10.9. The molecule has 3 heterocycles. The smallest absolute Gasteiger partial charge is 0.243 e. The van der Waals surface area contributed by atoms with Crippen LogP contribution in [0.4, 0.5) is 10.3 Å². The van der Waals surface area contributed by atoms with Gasteiger partial charge in [-0.05, 0) is 42.5 Å². The average Bonchev–Trinajstić information content (AvgIpc) is 3.57. The molecule has 1 atom stereocenters. The zero-order valence-corrected chi connectivity index (χ0v) is 17.3. The molecule has 0 bridgehead atoms. The first kappa shape index (κ1) is 19.1. The fourth-order valence-electron chi connectivity index (χ4n) is 4.26. The molecule has 0 radical (unpaired) electrons. The Morgan fingerprint density at radius 1 is 1.09 bits per heavy atom. The molecule has 4 aromatic rings. The van der Waals surface area contributed by atoms with Crippen LogP contribution in [0.15, 0.2) is 42.5 Å². The van der Waals surface area contributed by atoms with Crippen LogP contribution in [-0.4, -0.2) is 51.2 Å². The second kappa shape index (κ2) is 7.52. The molecule has 3 N–H and O–H groups in total. The van der Waals surface area contributed by atoms with Crippen LogP contribution in [0.3, 0.4) is 0 Å². The predicted octanol–water partition coefficient (Wildman–Crippen LogP) is 2.46. The van der Waals surface area contributed by atoms with Gasteiger partial charge in [-0.2, -0.15) is 4.52 Å². The Balaban J connectivity index is 1.55. The van der Waals surface area contributed by atoms with Crippen molar-refractivity contribution in [3.8, 4) is 11.4 Å². The highest BCUT2D eigenvalue weighted by Gasteiger charge is 2.29. The molecule has 1 unspecified atom stereocenters. The van der Waals surface area contributed by atoms with Crippen LogP contribution in [0, 0.1) is 5.82 Å². The summed E-state index contributed by atoms with van der Waals surface area (Å²) in [6, 6.07) is 11.8. The highest BCUT2D eigenvalue weighted by molar-refractivity contribution is 5.96. The zero-order chi connectivity index (χ0) is 21.7. The number of hydrogen-bond donors (Lipinski definition) is 3. The monoisotopic (exact) mass is 431 g/mol. The molecule has 162 valence electrons. The fourth-order valence-corrected chi connectivity index (χ4v) is 4.26. The van der Waals surface area contributed by atoms with Crippen molar-refractivity contribution in [1.82, 2.24) is 30.2 Å². The second-order valence-corrected chi connectivity index (χ2v) is 8.32. The lowest BCUT2D eigenvalue weighted by atomic mass is 10.1. The molecule has 1 aliphatic carbocycles. The summed E-state index contributed by atoms with van der Waals surface area (Å²) in [5, 5.41) is 15.0. The number of nitrogens with one attached hydrogen (secondary N) is 3. The summed E-state index contributed by atoms with van der Waals surface area (Å²) < 4.78 is 15.5. The third-order valence-electron chi connectivity index (χ3n) is 6.00. The molecule has 2 aromatic carbocycles. The summed E-state index contributed by atoms with van der Waals surface area (Å²) in [6.45, 7) is 1.76. The Morgan fingerprint density at radius 2 is 1.97 bits per heavy atom. The van der Waals surface area contributed by atoms with Crippen LogP contribution in [-0.2, 0) is 4.79 Å². The van der Waals surface area contributed by atoms with E-state index in [1.165, 1.54) is 17.7 Å². The van der Waals surface area contributed by atoms with E-state index in [-0.39, 0.29) is 11.7 Å². The van der Waals surface area contributed by atoms with E-state index in [4.69, 9.17) is 9.97 Å². The maximum Gasteiger partial charge on any atom is 0.243 e. The first-order chi connectivity index (χ1) is 15.7. The third kappa shape index (κ3) is 3.34. The topological polar surface area (TPSA) is 96.2 Å². The molecule has 1 aliphatic heterocycles. The molecule has 8 nitrogen and oxygen atoms in total. The number of amides is 1. The van der Waals surface area contributed by atoms with Gasteiger partial charge in [-0.15, -0.1) is 5.10 Å². The van der Waals surface area contributed by atoms with Gasteiger partial charge in [0.15, 0.2) is 11.5 Å². The molecule has 9 heteroatoms. The van der Waals surface area contributed by atoms with Crippen molar-refractivity contribution < 1.29 is 9.18 Å². The maximum absolute atomic E-state index is 13.9. The Bertz CT molecular complexity index is 1350. The van der Waals surface area contributed by atoms with Crippen molar-refractivity contribution in [2.75, 3.05) is 25.0 Å². The molecule has 1 amide bonds. The minimum atomic E-state index is -0.501. The highest BCUT2D eigenvalue weighted by atomic mass is 19.1. The summed E-state index contributed by atoms with van der Waals surface area (Å²) in [7, 11) is 0. The molecule has 2 aliphatic rings. The van der Waals surface area contributed by atoms with Crippen LogP contribution in [0.1, 0.15) is 24.3 Å². The number of benzene rings is 2. The van der Waals surface area contributed by atoms with Crippen LogP contribution >= 0.6 is 0 Å². The van der Waals surface area contributed by atoms with Crippen molar-refractivity contribution in [2.45, 2.75) is 24.8 Å². The minimum absolute atomic E-state index is 0.0951. The van der Waals surface area contributed by atoms with E-state index >= 15 is 0 Å². The van der Waals surface area contributed by atoms with Gasteiger partial charge in [0.1, 0.15) is 11.9 Å². The molecular formula is C23H22FN7O. The summed E-state index contributed by atoms with van der Waals surface area (Å²) >= 11 is 0. The SMILES string of the molecule is O=C1NCCNCC1Nc1nc2cccc(C3CC3)c2c2nc(-c3cccc(F)c3)nn12. The van der Waals surface area contributed by atoms with Gasteiger partial charge < -0.3 is 16.0 Å². The molecule has 0 spiro atoms. The van der Waals surface area contributed by atoms with Crippen LogP contribution in [0.2, 0.25) is 0 Å². The number of fused-ring (bicyclic) bond motifs is 3. The number of nitrogens with zero attached hydrogens (tertiary/aromatic N) is 4. The van der Waals surface area contributed by atoms with Crippen LogP contribution in [0.5, 0.6) is 0 Å². The zero-order valence-electron chi connectivity index (χ0n) is 17.3. The Kier molecular flexibility index (Phi) is 4.50. The lowest BCUT2D eigenvalue weighted by Gasteiger charge is -2.17. The average molecular weight is 431 g/mol. The van der Waals surface area contributed by atoms with Crippen molar-refractivity contribution in [2.24, 2.45) is 0 Å². The van der Waals surface area contributed by atoms with Gasteiger partial charge in [0, 0.05) is 30.6 Å². The number of halogens is 1. The van der Waals surface area contributed by atoms with Crippen LogP contribution < -0.4 is 16.0 Å². The van der Waals surface area contributed by atoms with E-state index in [9.17, 15) is 9.18 Å². The number of aromatic nitrogens is 4. The fraction of sp³-hybridized carbons (Fsp3) is 0.304. The standard InChI is InChI=1S/C23H22FN7O/c24-15-4-1-3-14(11-15)20-29-21-19-16(13-7-8-13)5-2-6-17(19)27-23(31(21)30-20)28-18-12-25-9-10-26-22(18)32/h1-6,11,13,18,25H,7-10,12H2,(H,26,32)(H,27,28). The first-order valence-electron chi connectivity index (χ1n) is 10.9. The lowest BCUT2D eigenvalue weighted by Crippen LogP contribution is -2.42. The van der Waals surface area contributed by atoms with E-state index in [0.717, 1.165) is 23.7 Å². The number of carbonyl (C=O) groups is 1. The van der Waals surface area contributed by atoms with E-state index in [0.29, 0.717) is 48.5 Å². The van der Waals surface area contributed by atoms with E-state index in [1.807, 2.05) is 12.1 Å². The number of anilines is 1. The normalized spacial score (nSPS) is 19.2. The highest BCUT2D eigenvalue weighted by Crippen LogP contribution is 2.44. The van der Waals surface area contributed by atoms with Crippen molar-refractivity contribution in [3.63, 3.8) is 0 Å². The van der Waals surface area contributed by atoms with Crippen molar-refractivity contribution in [1.29, 1.82) is 0 Å². The Hall–Kier alpha value is -3.59. The summed E-state index contributed by atoms with van der Waals surface area (Å²) in [5.74, 6) is 0.898. The number of carbonyl (C=O) groups excluding carboxylic acids is 1. The van der Waals surface area contributed by atoms with Gasteiger partial charge in [-0.3, -0.25) is 4.79 Å². The van der Waals surface area contributed by atoms with Crippen LogP contribution in [0.25, 0.3) is 27.9 Å². The van der Waals surface area contributed by atoms with Gasteiger partial charge in [0.2, 0.25) is 11.9 Å². The van der Waals surface area contributed by atoms with Crippen molar-refractivity contribution >= 4 is 28.4 Å². The summed E-state index contributed by atoms with van der Waals surface area (Å²) in [5.41, 5.74) is 3.25. The lowest BCUT2D eigenvalue weighted by molar-refractivity contribution is -0.121. The number of rotatable bonds is 4. The largest absolute Gasteiger partial charge is 0.353 e.